The zero-order valence-electron chi connectivity index (χ0n) is 12.1. The van der Waals surface area contributed by atoms with E-state index in [4.69, 9.17) is 5.73 Å². The largest absolute Gasteiger partial charge is 0.353 e. The Morgan fingerprint density at radius 3 is 2.68 bits per heavy atom. The molecular formula is C12H24N6O. The summed E-state index contributed by atoms with van der Waals surface area (Å²) in [6, 6.07) is 0.319. The molecule has 0 spiro atoms. The van der Waals surface area contributed by atoms with Gasteiger partial charge in [-0.1, -0.05) is 19.1 Å². The number of nitrogens with zero attached hydrogens (tertiary/aromatic N) is 4. The molecule has 3 N–H and O–H groups in total. The fraction of sp³-hybridized carbons (Fsp3) is 0.750. The van der Waals surface area contributed by atoms with Gasteiger partial charge in [-0.05, 0) is 20.0 Å². The van der Waals surface area contributed by atoms with Crippen LogP contribution >= 0.6 is 0 Å². The number of carbonyl (C=O) groups is 1. The molecule has 0 aliphatic rings. The first-order chi connectivity index (χ1) is 8.93. The second-order valence-electron chi connectivity index (χ2n) is 5.19. The minimum atomic E-state index is -0.0685. The van der Waals surface area contributed by atoms with Crippen LogP contribution in [-0.4, -0.2) is 52.5 Å². The number of hydrogen-bond donors (Lipinski definition) is 2. The lowest BCUT2D eigenvalue weighted by Gasteiger charge is -2.28. The second kappa shape index (κ2) is 7.20. The van der Waals surface area contributed by atoms with E-state index < -0.39 is 0 Å². The van der Waals surface area contributed by atoms with Crippen molar-refractivity contribution in [3.8, 4) is 0 Å². The summed E-state index contributed by atoms with van der Waals surface area (Å²) in [5.74, 6) is 0.409. The van der Waals surface area contributed by atoms with Gasteiger partial charge in [-0.2, -0.15) is 0 Å². The average Bonchev–Trinajstić information content (AvgIpc) is 2.75. The fourth-order valence-electron chi connectivity index (χ4n) is 1.95. The molecule has 0 radical (unpaired) electrons. The Morgan fingerprint density at radius 2 is 2.21 bits per heavy atom. The van der Waals surface area contributed by atoms with Crippen LogP contribution in [-0.2, 0) is 17.9 Å². The van der Waals surface area contributed by atoms with Crippen molar-refractivity contribution in [2.45, 2.75) is 33.0 Å². The average molecular weight is 268 g/mol. The highest BCUT2D eigenvalue weighted by Crippen LogP contribution is 2.05. The molecule has 108 valence electrons. The van der Waals surface area contributed by atoms with E-state index in [1.807, 2.05) is 14.1 Å². The zero-order chi connectivity index (χ0) is 14.4. The third-order valence-corrected chi connectivity index (χ3v) is 3.04. The molecule has 0 saturated heterocycles. The van der Waals surface area contributed by atoms with Crippen LogP contribution in [0.25, 0.3) is 0 Å². The van der Waals surface area contributed by atoms with Crippen LogP contribution in [0.4, 0.5) is 0 Å². The van der Waals surface area contributed by atoms with Gasteiger partial charge in [-0.15, -0.1) is 5.10 Å². The normalized spacial score (nSPS) is 13.0. The SMILES string of the molecule is CC(C)C(CNC(=O)Cn1cc(CN)nn1)N(C)C. The topological polar surface area (TPSA) is 89.1 Å². The number of hydrogen-bond acceptors (Lipinski definition) is 5. The molecule has 7 heteroatoms. The van der Waals surface area contributed by atoms with Crippen molar-refractivity contribution in [2.75, 3.05) is 20.6 Å². The summed E-state index contributed by atoms with van der Waals surface area (Å²) in [6.07, 6.45) is 1.69. The van der Waals surface area contributed by atoms with Crippen molar-refractivity contribution in [3.05, 3.63) is 11.9 Å². The maximum Gasteiger partial charge on any atom is 0.241 e. The Labute approximate surface area is 114 Å². The monoisotopic (exact) mass is 268 g/mol. The minimum absolute atomic E-state index is 0.0685. The number of carbonyl (C=O) groups excluding carboxylic acids is 1. The first-order valence-electron chi connectivity index (χ1n) is 6.46. The number of likely N-dealkylation sites (N-methyl/N-ethyl adjacent to an activating group) is 1. The van der Waals surface area contributed by atoms with Crippen molar-refractivity contribution in [1.29, 1.82) is 0 Å². The molecule has 7 nitrogen and oxygen atoms in total. The Bertz CT molecular complexity index is 393. The number of nitrogens with one attached hydrogen (secondary N) is 1. The van der Waals surface area contributed by atoms with Crippen LogP contribution < -0.4 is 11.1 Å². The van der Waals surface area contributed by atoms with Crippen LogP contribution in [0, 0.1) is 5.92 Å². The molecule has 1 atom stereocenters. The van der Waals surface area contributed by atoms with Gasteiger partial charge < -0.3 is 16.0 Å². The van der Waals surface area contributed by atoms with Gasteiger partial charge in [0.05, 0.1) is 11.9 Å². The van der Waals surface area contributed by atoms with Gasteiger partial charge in [0, 0.05) is 19.1 Å². The summed E-state index contributed by atoms with van der Waals surface area (Å²) in [4.78, 5) is 13.9. The second-order valence-corrected chi connectivity index (χ2v) is 5.19. The van der Waals surface area contributed by atoms with Gasteiger partial charge in [0.2, 0.25) is 5.91 Å². The highest BCUT2D eigenvalue weighted by Gasteiger charge is 2.16. The zero-order valence-corrected chi connectivity index (χ0v) is 12.1. The highest BCUT2D eigenvalue weighted by molar-refractivity contribution is 5.75. The first kappa shape index (κ1) is 15.6. The van der Waals surface area contributed by atoms with Gasteiger partial charge in [0.25, 0.3) is 0 Å². The predicted molar refractivity (Wildman–Crippen MR) is 73.2 cm³/mol. The maximum absolute atomic E-state index is 11.8. The van der Waals surface area contributed by atoms with Gasteiger partial charge >= 0.3 is 0 Å². The number of aromatic nitrogens is 3. The molecule has 1 aromatic rings. The number of nitrogens with two attached hydrogens (primary N) is 1. The maximum atomic E-state index is 11.8. The Hall–Kier alpha value is -1.47. The van der Waals surface area contributed by atoms with E-state index in [1.54, 1.807) is 6.20 Å². The fourth-order valence-corrected chi connectivity index (χ4v) is 1.95. The molecule has 0 bridgehead atoms. The molecule has 0 saturated carbocycles. The lowest BCUT2D eigenvalue weighted by atomic mass is 10.0. The van der Waals surface area contributed by atoms with Crippen molar-refractivity contribution >= 4 is 5.91 Å². The molecule has 0 aliphatic heterocycles. The Balaban J connectivity index is 2.42. The molecular weight excluding hydrogens is 244 g/mol. The molecule has 1 rings (SSSR count). The Morgan fingerprint density at radius 1 is 1.53 bits per heavy atom. The quantitative estimate of drug-likeness (QED) is 0.692. The van der Waals surface area contributed by atoms with Crippen LogP contribution in [0.3, 0.4) is 0 Å². The summed E-state index contributed by atoms with van der Waals surface area (Å²) in [5.41, 5.74) is 6.12. The Kier molecular flexibility index (Phi) is 5.91. The minimum Gasteiger partial charge on any atom is -0.353 e. The van der Waals surface area contributed by atoms with Crippen LogP contribution in [0.15, 0.2) is 6.20 Å². The summed E-state index contributed by atoms with van der Waals surface area (Å²) >= 11 is 0. The van der Waals surface area contributed by atoms with Crippen molar-refractivity contribution in [1.82, 2.24) is 25.2 Å². The smallest absolute Gasteiger partial charge is 0.241 e. The third kappa shape index (κ3) is 4.96. The van der Waals surface area contributed by atoms with Crippen LogP contribution in [0.2, 0.25) is 0 Å². The summed E-state index contributed by atoms with van der Waals surface area (Å²) in [6.45, 7) is 5.41. The summed E-state index contributed by atoms with van der Waals surface area (Å²) in [5, 5.41) is 10.6. The van der Waals surface area contributed by atoms with Crippen LogP contribution in [0.1, 0.15) is 19.5 Å². The predicted octanol–water partition coefficient (Wildman–Crippen LogP) is -0.561. The molecule has 0 fully saturated rings. The van der Waals surface area contributed by atoms with Gasteiger partial charge in [-0.3, -0.25) is 4.79 Å². The molecule has 0 aromatic carbocycles. The van der Waals surface area contributed by atoms with Gasteiger partial charge in [0.15, 0.2) is 0 Å². The van der Waals surface area contributed by atoms with E-state index in [0.29, 0.717) is 30.7 Å². The molecule has 19 heavy (non-hydrogen) atoms. The van der Waals surface area contributed by atoms with Crippen molar-refractivity contribution in [2.24, 2.45) is 11.7 Å². The first-order valence-corrected chi connectivity index (χ1v) is 6.46. The summed E-state index contributed by atoms with van der Waals surface area (Å²) < 4.78 is 1.50. The molecule has 1 aromatic heterocycles. The summed E-state index contributed by atoms with van der Waals surface area (Å²) in [7, 11) is 4.03. The van der Waals surface area contributed by atoms with E-state index in [0.717, 1.165) is 0 Å². The molecule has 1 heterocycles. The van der Waals surface area contributed by atoms with E-state index in [2.05, 4.69) is 34.4 Å². The highest BCUT2D eigenvalue weighted by atomic mass is 16.2. The van der Waals surface area contributed by atoms with Crippen molar-refractivity contribution in [3.63, 3.8) is 0 Å². The molecule has 1 unspecified atom stereocenters. The van der Waals surface area contributed by atoms with E-state index >= 15 is 0 Å². The third-order valence-electron chi connectivity index (χ3n) is 3.04. The van der Waals surface area contributed by atoms with Crippen molar-refractivity contribution < 1.29 is 4.79 Å². The lowest BCUT2D eigenvalue weighted by molar-refractivity contribution is -0.122. The number of amides is 1. The number of rotatable bonds is 7. The van der Waals surface area contributed by atoms with E-state index in [-0.39, 0.29) is 12.5 Å². The van der Waals surface area contributed by atoms with Gasteiger partial charge in [-0.25, -0.2) is 4.68 Å². The standard InChI is InChI=1S/C12H24N6O/c1-9(2)11(17(3)4)6-14-12(19)8-18-7-10(5-13)15-16-18/h7,9,11H,5-6,8,13H2,1-4H3,(H,14,19). The van der Waals surface area contributed by atoms with E-state index in [1.165, 1.54) is 4.68 Å². The van der Waals surface area contributed by atoms with Gasteiger partial charge in [0.1, 0.15) is 6.54 Å². The molecule has 1 amide bonds. The lowest BCUT2D eigenvalue weighted by Crippen LogP contribution is -2.44. The van der Waals surface area contributed by atoms with Crippen LogP contribution in [0.5, 0.6) is 0 Å². The molecule has 0 aliphatic carbocycles. The van der Waals surface area contributed by atoms with E-state index in [9.17, 15) is 4.79 Å².